The maximum absolute atomic E-state index is 12.7. The van der Waals surface area contributed by atoms with Crippen LogP contribution in [-0.2, 0) is 0 Å². The van der Waals surface area contributed by atoms with Gasteiger partial charge in [-0.15, -0.1) is 0 Å². The molecule has 0 fully saturated rings. The van der Waals surface area contributed by atoms with Crippen LogP contribution in [0.3, 0.4) is 0 Å². The minimum atomic E-state index is -0.148. The number of carbonyl (C=O) groups is 2. The summed E-state index contributed by atoms with van der Waals surface area (Å²) >= 11 is 0. The third kappa shape index (κ3) is 3.24. The molecule has 0 spiro atoms. The van der Waals surface area contributed by atoms with Crippen LogP contribution in [0.2, 0.25) is 0 Å². The van der Waals surface area contributed by atoms with Gasteiger partial charge in [0.1, 0.15) is 0 Å². The molecule has 4 bridgehead atoms. The van der Waals surface area contributed by atoms with Gasteiger partial charge in [0.15, 0.2) is 0 Å². The van der Waals surface area contributed by atoms with Gasteiger partial charge in [0.25, 0.3) is 11.8 Å². The molecule has 2 N–H and O–H groups in total. The first-order chi connectivity index (χ1) is 12.5. The molecule has 0 radical (unpaired) electrons. The fourth-order valence-electron chi connectivity index (χ4n) is 3.49. The highest BCUT2D eigenvalue weighted by atomic mass is 16.2. The maximum Gasteiger partial charge on any atom is 0.255 e. The van der Waals surface area contributed by atoms with Crippen LogP contribution >= 0.6 is 0 Å². The summed E-state index contributed by atoms with van der Waals surface area (Å²) in [5, 5.41) is 6.18. The molecule has 0 aromatic heterocycles. The van der Waals surface area contributed by atoms with Crippen LogP contribution in [0.4, 0.5) is 11.4 Å². The van der Waals surface area contributed by atoms with E-state index >= 15 is 0 Å². The van der Waals surface area contributed by atoms with Gasteiger partial charge in [0.05, 0.1) is 0 Å². The Balaban J connectivity index is 2.26. The molecular weight excluding hydrogens is 324 g/mol. The molecule has 4 nitrogen and oxygen atoms in total. The summed E-state index contributed by atoms with van der Waals surface area (Å²) in [4.78, 5) is 25.4. The quantitative estimate of drug-likeness (QED) is 0.761. The number of hydrogen-bond acceptors (Lipinski definition) is 2. The minimum Gasteiger partial charge on any atom is -0.322 e. The van der Waals surface area contributed by atoms with Crippen LogP contribution in [0.15, 0.2) is 36.4 Å². The molecule has 0 aliphatic carbocycles. The van der Waals surface area contributed by atoms with E-state index in [0.717, 1.165) is 35.3 Å². The summed E-state index contributed by atoms with van der Waals surface area (Å²) < 4.78 is 0. The maximum atomic E-state index is 12.7. The van der Waals surface area contributed by atoms with Crippen molar-refractivity contribution in [3.63, 3.8) is 0 Å². The Hall–Kier alpha value is -2.62. The second-order valence-electron chi connectivity index (χ2n) is 7.09. The number of rotatable bonds is 4. The lowest BCUT2D eigenvalue weighted by Crippen LogP contribution is -2.20. The van der Waals surface area contributed by atoms with Crippen LogP contribution in [-0.4, -0.2) is 11.8 Å². The molecule has 4 aliphatic rings. The van der Waals surface area contributed by atoms with Gasteiger partial charge in [-0.3, -0.25) is 9.59 Å². The summed E-state index contributed by atoms with van der Waals surface area (Å²) in [5.74, 6) is 0.250. The summed E-state index contributed by atoms with van der Waals surface area (Å²) in [7, 11) is 0. The average Bonchev–Trinajstić information content (AvgIpc) is 2.66. The zero-order chi connectivity index (χ0) is 18.8. The van der Waals surface area contributed by atoms with Gasteiger partial charge in [-0.05, 0) is 72.2 Å². The monoisotopic (exact) mass is 350 g/mol. The highest BCUT2D eigenvalue weighted by molar-refractivity contribution is 6.09. The lowest BCUT2D eigenvalue weighted by atomic mass is 9.84. The molecule has 4 heterocycles. The lowest BCUT2D eigenvalue weighted by Gasteiger charge is -2.27. The first-order valence-corrected chi connectivity index (χ1v) is 9.35. The number of anilines is 2. The SMILES string of the molecule is CCC(C)c1c2ccc(c1C(C)CC)NC(=O)c1ccc(cc1)C(=O)N2. The highest BCUT2D eigenvalue weighted by Gasteiger charge is 2.24. The van der Waals surface area contributed by atoms with Gasteiger partial charge in [-0.1, -0.05) is 27.7 Å². The van der Waals surface area contributed by atoms with E-state index in [0.29, 0.717) is 11.1 Å². The molecule has 4 heteroatoms. The van der Waals surface area contributed by atoms with E-state index in [-0.39, 0.29) is 23.7 Å². The van der Waals surface area contributed by atoms with Gasteiger partial charge in [-0.2, -0.15) is 0 Å². The van der Waals surface area contributed by atoms with E-state index in [1.807, 2.05) is 12.1 Å². The number of carbonyl (C=O) groups excluding carboxylic acids is 2. The van der Waals surface area contributed by atoms with Crippen molar-refractivity contribution in [2.45, 2.75) is 52.4 Å². The Labute approximate surface area is 155 Å². The predicted octanol–water partition coefficient (Wildman–Crippen LogP) is 5.53. The smallest absolute Gasteiger partial charge is 0.255 e. The van der Waals surface area contributed by atoms with Crippen molar-refractivity contribution >= 4 is 23.2 Å². The molecule has 2 unspecified atom stereocenters. The van der Waals surface area contributed by atoms with E-state index in [1.54, 1.807) is 24.3 Å². The third-order valence-electron chi connectivity index (χ3n) is 5.40. The van der Waals surface area contributed by atoms with E-state index in [4.69, 9.17) is 0 Å². The van der Waals surface area contributed by atoms with Crippen LogP contribution in [0.5, 0.6) is 0 Å². The van der Waals surface area contributed by atoms with E-state index in [1.165, 1.54) is 0 Å². The number of amides is 2. The molecule has 0 saturated heterocycles. The fraction of sp³-hybridized carbons (Fsp3) is 0.364. The molecule has 26 heavy (non-hydrogen) atoms. The zero-order valence-electron chi connectivity index (χ0n) is 15.8. The van der Waals surface area contributed by atoms with Crippen molar-refractivity contribution in [1.29, 1.82) is 0 Å². The second kappa shape index (κ2) is 7.32. The normalized spacial score (nSPS) is 15.7. The van der Waals surface area contributed by atoms with Crippen LogP contribution < -0.4 is 10.6 Å². The lowest BCUT2D eigenvalue weighted by molar-refractivity contribution is 0.101. The predicted molar refractivity (Wildman–Crippen MR) is 106 cm³/mol. The number of nitrogens with one attached hydrogen (secondary N) is 2. The van der Waals surface area contributed by atoms with Crippen molar-refractivity contribution in [3.05, 3.63) is 58.7 Å². The molecule has 2 aromatic rings. The number of benzene rings is 2. The zero-order valence-corrected chi connectivity index (χ0v) is 15.8. The topological polar surface area (TPSA) is 58.2 Å². The van der Waals surface area contributed by atoms with E-state index in [2.05, 4.69) is 38.3 Å². The number of hydrogen-bond donors (Lipinski definition) is 2. The molecule has 2 aromatic carbocycles. The Morgan fingerprint density at radius 3 is 1.35 bits per heavy atom. The van der Waals surface area contributed by atoms with Crippen molar-refractivity contribution < 1.29 is 9.59 Å². The standard InChI is InChI=1S/C22H26N2O2/c1-5-13(3)19-17-11-12-18(20(19)14(4)6-2)24-22(26)16-9-7-15(8-10-16)21(25)23-17/h7-14H,5-6H2,1-4H3,(H,23,25)(H,24,26). The molecule has 2 atom stereocenters. The van der Waals surface area contributed by atoms with Crippen molar-refractivity contribution in [1.82, 2.24) is 0 Å². The van der Waals surface area contributed by atoms with Crippen LogP contribution in [0.1, 0.15) is 84.2 Å². The Morgan fingerprint density at radius 2 is 1.04 bits per heavy atom. The highest BCUT2D eigenvalue weighted by Crippen LogP contribution is 2.40. The third-order valence-corrected chi connectivity index (χ3v) is 5.40. The Bertz CT molecular complexity index is 770. The average molecular weight is 350 g/mol. The van der Waals surface area contributed by atoms with Crippen molar-refractivity contribution in [3.8, 4) is 0 Å². The second-order valence-corrected chi connectivity index (χ2v) is 7.09. The van der Waals surface area contributed by atoms with Gasteiger partial charge in [-0.25, -0.2) is 0 Å². The van der Waals surface area contributed by atoms with E-state index in [9.17, 15) is 9.59 Å². The van der Waals surface area contributed by atoms with Crippen LogP contribution in [0.25, 0.3) is 0 Å². The van der Waals surface area contributed by atoms with E-state index < -0.39 is 0 Å². The molecule has 4 aliphatic heterocycles. The Kier molecular flexibility index (Phi) is 5.12. The Morgan fingerprint density at radius 1 is 0.692 bits per heavy atom. The van der Waals surface area contributed by atoms with Crippen molar-refractivity contribution in [2.75, 3.05) is 10.6 Å². The fourth-order valence-corrected chi connectivity index (χ4v) is 3.49. The van der Waals surface area contributed by atoms with Crippen LogP contribution in [0, 0.1) is 0 Å². The first-order valence-electron chi connectivity index (χ1n) is 9.35. The summed E-state index contributed by atoms with van der Waals surface area (Å²) in [6.45, 7) is 8.62. The molecule has 136 valence electrons. The minimum absolute atomic E-state index is 0.148. The summed E-state index contributed by atoms with van der Waals surface area (Å²) in [6.07, 6.45) is 1.91. The van der Waals surface area contributed by atoms with Gasteiger partial charge >= 0.3 is 0 Å². The van der Waals surface area contributed by atoms with Gasteiger partial charge < -0.3 is 10.6 Å². The summed E-state index contributed by atoms with van der Waals surface area (Å²) in [6, 6.07) is 10.6. The first kappa shape index (κ1) is 18.2. The molecule has 0 saturated carbocycles. The summed E-state index contributed by atoms with van der Waals surface area (Å²) in [5.41, 5.74) is 5.02. The van der Waals surface area contributed by atoms with Gasteiger partial charge in [0.2, 0.25) is 0 Å². The molecule has 6 rings (SSSR count). The largest absolute Gasteiger partial charge is 0.322 e. The van der Waals surface area contributed by atoms with Gasteiger partial charge in [0, 0.05) is 22.5 Å². The molecular formula is C22H26N2O2. The van der Waals surface area contributed by atoms with Crippen molar-refractivity contribution in [2.24, 2.45) is 0 Å². The molecule has 2 amide bonds.